The summed E-state index contributed by atoms with van der Waals surface area (Å²) in [7, 11) is 3.24. The lowest BCUT2D eigenvalue weighted by Gasteiger charge is -2.23. The molecule has 2 heterocycles. The Morgan fingerprint density at radius 1 is 1.45 bits per heavy atom. The molecule has 108 valence electrons. The normalized spacial score (nSPS) is 21.9. The third-order valence-corrected chi connectivity index (χ3v) is 3.26. The number of carbonyl (C=O) groups is 2. The SMILES string of the molecule is CN(C)C(=O)c1cc(N2CC(O)CC2C(=O)O)ccn1. The number of hydrogen-bond acceptors (Lipinski definition) is 5. The predicted molar refractivity (Wildman–Crippen MR) is 71.6 cm³/mol. The Kier molecular flexibility index (Phi) is 3.89. The second-order valence-electron chi connectivity index (χ2n) is 4.99. The van der Waals surface area contributed by atoms with E-state index in [9.17, 15) is 19.8 Å². The van der Waals surface area contributed by atoms with Crippen LogP contribution < -0.4 is 4.90 Å². The van der Waals surface area contributed by atoms with Crippen LogP contribution in [0.4, 0.5) is 5.69 Å². The van der Waals surface area contributed by atoms with Crippen LogP contribution in [-0.2, 0) is 4.79 Å². The summed E-state index contributed by atoms with van der Waals surface area (Å²) in [5, 5.41) is 18.8. The summed E-state index contributed by atoms with van der Waals surface area (Å²) >= 11 is 0. The van der Waals surface area contributed by atoms with Crippen molar-refractivity contribution in [3.63, 3.8) is 0 Å². The lowest BCUT2D eigenvalue weighted by atomic mass is 10.2. The Morgan fingerprint density at radius 3 is 2.75 bits per heavy atom. The minimum absolute atomic E-state index is 0.175. The van der Waals surface area contributed by atoms with Crippen molar-refractivity contribution in [1.29, 1.82) is 0 Å². The lowest BCUT2D eigenvalue weighted by Crippen LogP contribution is -2.36. The van der Waals surface area contributed by atoms with Crippen LogP contribution in [0.1, 0.15) is 16.9 Å². The third-order valence-electron chi connectivity index (χ3n) is 3.26. The van der Waals surface area contributed by atoms with E-state index in [1.54, 1.807) is 31.1 Å². The van der Waals surface area contributed by atoms with Crippen LogP contribution in [0.2, 0.25) is 0 Å². The average molecular weight is 279 g/mol. The molecule has 20 heavy (non-hydrogen) atoms. The van der Waals surface area contributed by atoms with Gasteiger partial charge in [0.1, 0.15) is 11.7 Å². The molecule has 1 amide bonds. The predicted octanol–water partition coefficient (Wildman–Crippen LogP) is -0.192. The van der Waals surface area contributed by atoms with Gasteiger partial charge in [-0.15, -0.1) is 0 Å². The molecule has 0 bridgehead atoms. The molecule has 2 unspecified atom stereocenters. The van der Waals surface area contributed by atoms with Gasteiger partial charge >= 0.3 is 5.97 Å². The Bertz CT molecular complexity index is 532. The monoisotopic (exact) mass is 279 g/mol. The number of carbonyl (C=O) groups excluding carboxylic acids is 1. The minimum atomic E-state index is -0.987. The number of nitrogens with zero attached hydrogens (tertiary/aromatic N) is 3. The van der Waals surface area contributed by atoms with Crippen molar-refractivity contribution in [1.82, 2.24) is 9.88 Å². The van der Waals surface area contributed by atoms with Gasteiger partial charge in [-0.2, -0.15) is 0 Å². The number of aliphatic carboxylic acids is 1. The molecule has 1 aliphatic heterocycles. The topological polar surface area (TPSA) is 94.0 Å². The summed E-state index contributed by atoms with van der Waals surface area (Å²) in [5.74, 6) is -1.24. The highest BCUT2D eigenvalue weighted by atomic mass is 16.4. The molecule has 1 fully saturated rings. The number of aliphatic hydroxyl groups excluding tert-OH is 1. The van der Waals surface area contributed by atoms with E-state index in [1.807, 2.05) is 0 Å². The fourth-order valence-corrected chi connectivity index (χ4v) is 2.28. The van der Waals surface area contributed by atoms with E-state index in [4.69, 9.17) is 0 Å². The van der Waals surface area contributed by atoms with Crippen molar-refractivity contribution in [2.75, 3.05) is 25.5 Å². The maximum atomic E-state index is 11.9. The molecule has 1 saturated heterocycles. The van der Waals surface area contributed by atoms with E-state index in [1.165, 1.54) is 11.1 Å². The zero-order chi connectivity index (χ0) is 14.9. The number of pyridine rings is 1. The van der Waals surface area contributed by atoms with E-state index in [2.05, 4.69) is 4.98 Å². The first-order valence-electron chi connectivity index (χ1n) is 6.25. The van der Waals surface area contributed by atoms with Crippen molar-refractivity contribution in [2.45, 2.75) is 18.6 Å². The highest BCUT2D eigenvalue weighted by molar-refractivity contribution is 5.93. The highest BCUT2D eigenvalue weighted by Gasteiger charge is 2.36. The van der Waals surface area contributed by atoms with E-state index in [-0.39, 0.29) is 24.6 Å². The molecule has 7 nitrogen and oxygen atoms in total. The molecule has 0 spiro atoms. The zero-order valence-electron chi connectivity index (χ0n) is 11.4. The second kappa shape index (κ2) is 5.46. The van der Waals surface area contributed by atoms with Gasteiger partial charge in [0.2, 0.25) is 0 Å². The van der Waals surface area contributed by atoms with E-state index < -0.39 is 18.1 Å². The Morgan fingerprint density at radius 2 is 2.15 bits per heavy atom. The quantitative estimate of drug-likeness (QED) is 0.796. The number of rotatable bonds is 3. The number of anilines is 1. The number of aliphatic hydroxyl groups is 1. The first-order valence-corrected chi connectivity index (χ1v) is 6.25. The third kappa shape index (κ3) is 2.72. The maximum absolute atomic E-state index is 11.9. The standard InChI is InChI=1S/C13H17N3O4/c1-15(2)12(18)10-5-8(3-4-14-10)16-7-9(17)6-11(16)13(19)20/h3-5,9,11,17H,6-7H2,1-2H3,(H,19,20). The van der Waals surface area contributed by atoms with E-state index in [0.717, 1.165) is 0 Å². The summed E-state index contributed by atoms with van der Waals surface area (Å²) < 4.78 is 0. The molecule has 1 aromatic heterocycles. The van der Waals surface area contributed by atoms with Crippen molar-refractivity contribution < 1.29 is 19.8 Å². The van der Waals surface area contributed by atoms with Gasteiger partial charge in [0.05, 0.1) is 6.10 Å². The van der Waals surface area contributed by atoms with Crippen molar-refractivity contribution >= 4 is 17.6 Å². The molecular weight excluding hydrogens is 262 g/mol. The number of β-amino-alcohol motifs (C(OH)–C–C–N with tert-alkyl or cyclic N) is 1. The van der Waals surface area contributed by atoms with Crippen LogP contribution in [0.25, 0.3) is 0 Å². The number of amides is 1. The van der Waals surface area contributed by atoms with E-state index >= 15 is 0 Å². The summed E-state index contributed by atoms with van der Waals surface area (Å²) in [6.45, 7) is 0.233. The first kappa shape index (κ1) is 14.3. The minimum Gasteiger partial charge on any atom is -0.480 e. The van der Waals surface area contributed by atoms with E-state index in [0.29, 0.717) is 5.69 Å². The van der Waals surface area contributed by atoms with Crippen LogP contribution in [0.15, 0.2) is 18.3 Å². The largest absolute Gasteiger partial charge is 0.480 e. The van der Waals surface area contributed by atoms with Gasteiger partial charge in [-0.05, 0) is 12.1 Å². The summed E-state index contributed by atoms with van der Waals surface area (Å²) in [5.41, 5.74) is 0.826. The fourth-order valence-electron chi connectivity index (χ4n) is 2.28. The van der Waals surface area contributed by atoms with Crippen LogP contribution >= 0.6 is 0 Å². The van der Waals surface area contributed by atoms with Gasteiger partial charge in [0.15, 0.2) is 0 Å². The van der Waals surface area contributed by atoms with Crippen molar-refractivity contribution in [3.05, 3.63) is 24.0 Å². The fraction of sp³-hybridized carbons (Fsp3) is 0.462. The molecule has 0 aromatic carbocycles. The Balaban J connectivity index is 2.31. The second-order valence-corrected chi connectivity index (χ2v) is 4.99. The summed E-state index contributed by atoms with van der Waals surface area (Å²) in [6.07, 6.45) is 0.960. The molecule has 0 saturated carbocycles. The molecule has 2 rings (SSSR count). The smallest absolute Gasteiger partial charge is 0.326 e. The number of carboxylic acids is 1. The van der Waals surface area contributed by atoms with Gasteiger partial charge < -0.3 is 20.0 Å². The van der Waals surface area contributed by atoms with Gasteiger partial charge in [-0.3, -0.25) is 9.78 Å². The average Bonchev–Trinajstić information content (AvgIpc) is 2.80. The van der Waals surface area contributed by atoms with Crippen LogP contribution in [-0.4, -0.2) is 64.8 Å². The van der Waals surface area contributed by atoms with Crippen LogP contribution in [0, 0.1) is 0 Å². The number of hydrogen-bond donors (Lipinski definition) is 2. The molecule has 2 atom stereocenters. The first-order chi connectivity index (χ1) is 9.40. The van der Waals surface area contributed by atoms with Gasteiger partial charge in [0, 0.05) is 38.9 Å². The molecule has 2 N–H and O–H groups in total. The molecular formula is C13H17N3O4. The van der Waals surface area contributed by atoms with Crippen LogP contribution in [0.5, 0.6) is 0 Å². The van der Waals surface area contributed by atoms with Crippen molar-refractivity contribution in [2.24, 2.45) is 0 Å². The van der Waals surface area contributed by atoms with Crippen LogP contribution in [0.3, 0.4) is 0 Å². The van der Waals surface area contributed by atoms with Gasteiger partial charge in [-0.1, -0.05) is 0 Å². The lowest BCUT2D eigenvalue weighted by molar-refractivity contribution is -0.138. The Labute approximate surface area is 116 Å². The molecule has 0 aliphatic carbocycles. The maximum Gasteiger partial charge on any atom is 0.326 e. The molecule has 0 radical (unpaired) electrons. The molecule has 1 aromatic rings. The van der Waals surface area contributed by atoms with Gasteiger partial charge in [-0.25, -0.2) is 4.79 Å². The number of aromatic nitrogens is 1. The highest BCUT2D eigenvalue weighted by Crippen LogP contribution is 2.26. The molecule has 7 heteroatoms. The zero-order valence-corrected chi connectivity index (χ0v) is 11.4. The number of carboxylic acid groups (broad SMARTS) is 1. The Hall–Kier alpha value is -2.15. The van der Waals surface area contributed by atoms with Crippen molar-refractivity contribution in [3.8, 4) is 0 Å². The summed E-state index contributed by atoms with van der Waals surface area (Å²) in [4.78, 5) is 30.1. The molecule has 1 aliphatic rings. The van der Waals surface area contributed by atoms with Gasteiger partial charge in [0.25, 0.3) is 5.91 Å². The summed E-state index contributed by atoms with van der Waals surface area (Å²) in [6, 6.07) is 2.41.